The second-order valence-corrected chi connectivity index (χ2v) is 7.75. The first kappa shape index (κ1) is 21.4. The van der Waals surface area contributed by atoms with E-state index < -0.39 is 0 Å². The molecule has 0 bridgehead atoms. The van der Waals surface area contributed by atoms with Gasteiger partial charge in [0.25, 0.3) is 0 Å². The van der Waals surface area contributed by atoms with Gasteiger partial charge in [0.2, 0.25) is 5.91 Å². The molecule has 0 unspecified atom stereocenters. The Bertz CT molecular complexity index is 1240. The Morgan fingerprint density at radius 3 is 2.81 bits per heavy atom. The van der Waals surface area contributed by atoms with E-state index in [9.17, 15) is 4.79 Å². The predicted molar refractivity (Wildman–Crippen MR) is 126 cm³/mol. The van der Waals surface area contributed by atoms with Crippen LogP contribution in [-0.2, 0) is 11.3 Å². The summed E-state index contributed by atoms with van der Waals surface area (Å²) in [5.74, 6) is 0.594. The maximum Gasteiger partial charge on any atom is 0.244 e. The fraction of sp³-hybridized carbons (Fsp3) is 0.231. The maximum absolute atomic E-state index is 12.5. The highest BCUT2D eigenvalue weighted by Gasteiger charge is 2.18. The molecule has 1 N–H and O–H groups in total. The Balaban J connectivity index is 1.58. The normalized spacial score (nSPS) is 11.7. The van der Waals surface area contributed by atoms with E-state index in [4.69, 9.17) is 9.15 Å². The Hall–Kier alpha value is -3.80. The van der Waals surface area contributed by atoms with Crippen molar-refractivity contribution < 1.29 is 13.9 Å². The maximum atomic E-state index is 12.5. The number of hydrogen-bond acceptors (Lipinski definition) is 4. The Morgan fingerprint density at radius 2 is 2.09 bits per heavy atom. The average molecular weight is 430 g/mol. The van der Waals surface area contributed by atoms with Crippen molar-refractivity contribution in [2.45, 2.75) is 26.8 Å². The zero-order chi connectivity index (χ0) is 22.5. The second-order valence-electron chi connectivity index (χ2n) is 7.75. The van der Waals surface area contributed by atoms with Crippen LogP contribution >= 0.6 is 0 Å². The molecule has 6 heteroatoms. The molecule has 164 valence electrons. The zero-order valence-electron chi connectivity index (χ0n) is 18.6. The lowest BCUT2D eigenvalue weighted by atomic mass is 9.96. The molecule has 0 spiro atoms. The number of hydrogen-bond donors (Lipinski definition) is 1. The number of aryl methyl sites for hydroxylation is 2. The molecule has 2 aromatic heterocycles. The highest BCUT2D eigenvalue weighted by molar-refractivity contribution is 6.01. The summed E-state index contributed by atoms with van der Waals surface area (Å²) in [5, 5.41) is 3.96. The third-order valence-corrected chi connectivity index (χ3v) is 5.56. The molecule has 0 fully saturated rings. The molecule has 0 aliphatic carbocycles. The number of furan rings is 1. The molecule has 0 radical (unpaired) electrons. The van der Waals surface area contributed by atoms with Crippen molar-refractivity contribution in [2.75, 3.05) is 13.7 Å². The summed E-state index contributed by atoms with van der Waals surface area (Å²) in [6.07, 6.45) is 9.68. The molecular formula is C26H27N3O3. The smallest absolute Gasteiger partial charge is 0.244 e. The van der Waals surface area contributed by atoms with E-state index in [1.165, 1.54) is 0 Å². The van der Waals surface area contributed by atoms with E-state index in [0.29, 0.717) is 12.3 Å². The number of ether oxygens (including phenoxy) is 1. The van der Waals surface area contributed by atoms with E-state index in [1.54, 1.807) is 32.0 Å². The van der Waals surface area contributed by atoms with Gasteiger partial charge in [-0.3, -0.25) is 4.79 Å². The van der Waals surface area contributed by atoms with Gasteiger partial charge < -0.3 is 19.0 Å². The lowest BCUT2D eigenvalue weighted by Gasteiger charge is -2.13. The number of aromatic nitrogens is 2. The van der Waals surface area contributed by atoms with Crippen molar-refractivity contribution in [1.82, 2.24) is 14.9 Å². The van der Waals surface area contributed by atoms with Crippen LogP contribution < -0.4 is 10.1 Å². The van der Waals surface area contributed by atoms with Crippen LogP contribution in [0.2, 0.25) is 0 Å². The monoisotopic (exact) mass is 429 g/mol. The molecular weight excluding hydrogens is 402 g/mol. The number of nitrogens with zero attached hydrogens (tertiary/aromatic N) is 2. The minimum atomic E-state index is -0.122. The number of rotatable bonds is 8. The Labute approximate surface area is 187 Å². The van der Waals surface area contributed by atoms with Crippen LogP contribution in [0.4, 0.5) is 0 Å². The second kappa shape index (κ2) is 9.56. The highest BCUT2D eigenvalue weighted by Crippen LogP contribution is 2.40. The molecule has 4 rings (SSSR count). The summed E-state index contributed by atoms with van der Waals surface area (Å²) in [4.78, 5) is 16.5. The number of imidazole rings is 1. The molecule has 4 aromatic rings. The van der Waals surface area contributed by atoms with Crippen LogP contribution in [0.15, 0.2) is 71.9 Å². The number of allylic oxidation sites excluding steroid dienone is 1. The topological polar surface area (TPSA) is 69.3 Å². The number of fused-ring (bicyclic) bond motifs is 1. The first-order valence-corrected chi connectivity index (χ1v) is 10.6. The van der Waals surface area contributed by atoms with Crippen molar-refractivity contribution >= 4 is 22.4 Å². The number of carbonyl (C=O) groups excluding carboxylic acids is 1. The summed E-state index contributed by atoms with van der Waals surface area (Å²) >= 11 is 0. The number of nitrogens with one attached hydrogen (secondary N) is 1. The van der Waals surface area contributed by atoms with E-state index in [1.807, 2.05) is 48.9 Å². The van der Waals surface area contributed by atoms with Crippen molar-refractivity contribution in [3.63, 3.8) is 0 Å². The molecule has 32 heavy (non-hydrogen) atoms. The van der Waals surface area contributed by atoms with Crippen molar-refractivity contribution in [3.05, 3.63) is 78.6 Å². The van der Waals surface area contributed by atoms with Gasteiger partial charge in [-0.25, -0.2) is 4.98 Å². The zero-order valence-corrected chi connectivity index (χ0v) is 18.6. The van der Waals surface area contributed by atoms with E-state index in [0.717, 1.165) is 51.8 Å². The van der Waals surface area contributed by atoms with E-state index >= 15 is 0 Å². The third kappa shape index (κ3) is 4.44. The summed E-state index contributed by atoms with van der Waals surface area (Å²) in [7, 11) is 1.64. The number of carbonyl (C=O) groups is 1. The molecule has 2 aromatic carbocycles. The lowest BCUT2D eigenvalue weighted by Crippen LogP contribution is -2.23. The fourth-order valence-corrected chi connectivity index (χ4v) is 3.93. The van der Waals surface area contributed by atoms with Gasteiger partial charge in [0, 0.05) is 53.6 Å². The van der Waals surface area contributed by atoms with Gasteiger partial charge in [0.15, 0.2) is 0 Å². The van der Waals surface area contributed by atoms with Gasteiger partial charge in [0.1, 0.15) is 11.3 Å². The van der Waals surface area contributed by atoms with Crippen LogP contribution in [0, 0.1) is 6.92 Å². The van der Waals surface area contributed by atoms with Crippen LogP contribution in [0.1, 0.15) is 24.5 Å². The van der Waals surface area contributed by atoms with Gasteiger partial charge in [-0.05, 0) is 37.5 Å². The number of benzene rings is 2. The van der Waals surface area contributed by atoms with Crippen molar-refractivity contribution in [1.29, 1.82) is 0 Å². The van der Waals surface area contributed by atoms with E-state index in [-0.39, 0.29) is 5.91 Å². The van der Waals surface area contributed by atoms with Crippen LogP contribution in [0.3, 0.4) is 0 Å². The number of amides is 1. The summed E-state index contributed by atoms with van der Waals surface area (Å²) in [5.41, 5.74) is 5.52. The standard InChI is InChI=1S/C26H27N3O3/c1-18(14-24(30)28-10-7-12-29-13-11-27-17-29)21-15-22-23(20-8-5-4-6-9-20)16-32-26(22)19(2)25(21)31-3/h4-6,8-9,11,13-17H,7,10,12H2,1-3H3,(H,28,30)/b18-14+. The first-order chi connectivity index (χ1) is 15.6. The quantitative estimate of drug-likeness (QED) is 0.308. The molecule has 0 aliphatic heterocycles. The van der Waals surface area contributed by atoms with Gasteiger partial charge in [0.05, 0.1) is 19.7 Å². The summed E-state index contributed by atoms with van der Waals surface area (Å²) < 4.78 is 13.6. The molecule has 0 atom stereocenters. The SMILES string of the molecule is COc1c(/C(C)=C/C(=O)NCCCn2ccnc2)cc2c(-c3ccccc3)coc2c1C. The molecule has 6 nitrogen and oxygen atoms in total. The van der Waals surface area contributed by atoms with Crippen molar-refractivity contribution in [3.8, 4) is 16.9 Å². The third-order valence-electron chi connectivity index (χ3n) is 5.56. The molecule has 0 saturated carbocycles. The first-order valence-electron chi connectivity index (χ1n) is 10.6. The Kier molecular flexibility index (Phi) is 6.40. The van der Waals surface area contributed by atoms with E-state index in [2.05, 4.69) is 22.4 Å². The molecule has 1 amide bonds. The Morgan fingerprint density at radius 1 is 1.28 bits per heavy atom. The van der Waals surface area contributed by atoms with Gasteiger partial charge in [-0.15, -0.1) is 0 Å². The fourth-order valence-electron chi connectivity index (χ4n) is 3.93. The van der Waals surface area contributed by atoms with Crippen molar-refractivity contribution in [2.24, 2.45) is 0 Å². The molecule has 2 heterocycles. The van der Waals surface area contributed by atoms with Gasteiger partial charge in [-0.2, -0.15) is 0 Å². The van der Waals surface area contributed by atoms with Crippen LogP contribution in [0.25, 0.3) is 27.7 Å². The number of methoxy groups -OCH3 is 1. The van der Waals surface area contributed by atoms with Crippen LogP contribution in [-0.4, -0.2) is 29.1 Å². The van der Waals surface area contributed by atoms with Gasteiger partial charge in [-0.1, -0.05) is 30.3 Å². The summed E-state index contributed by atoms with van der Waals surface area (Å²) in [6, 6.07) is 12.2. The minimum absolute atomic E-state index is 0.122. The largest absolute Gasteiger partial charge is 0.496 e. The van der Waals surface area contributed by atoms with Gasteiger partial charge >= 0.3 is 0 Å². The summed E-state index contributed by atoms with van der Waals surface area (Å²) in [6.45, 7) is 5.31. The predicted octanol–water partition coefficient (Wildman–Crippen LogP) is 5.22. The average Bonchev–Trinajstić information content (AvgIpc) is 3.47. The minimum Gasteiger partial charge on any atom is -0.496 e. The molecule has 0 saturated heterocycles. The van der Waals surface area contributed by atoms with Crippen LogP contribution in [0.5, 0.6) is 5.75 Å². The molecule has 0 aliphatic rings. The highest BCUT2D eigenvalue weighted by atomic mass is 16.5. The lowest BCUT2D eigenvalue weighted by molar-refractivity contribution is -0.116.